The van der Waals surface area contributed by atoms with Crippen molar-refractivity contribution >= 4 is 11.5 Å². The van der Waals surface area contributed by atoms with Crippen molar-refractivity contribution in [2.45, 2.75) is 13.1 Å². The molecule has 0 spiro atoms. The molecule has 0 saturated heterocycles. The summed E-state index contributed by atoms with van der Waals surface area (Å²) in [5.74, 6) is 0.242. The molecule has 0 amide bonds. The zero-order chi connectivity index (χ0) is 14.8. The van der Waals surface area contributed by atoms with Crippen molar-refractivity contribution in [1.29, 1.82) is 5.26 Å². The number of halogens is 3. The number of nitrogens with zero attached hydrogens (tertiary/aromatic N) is 2. The lowest BCUT2D eigenvalue weighted by Gasteiger charge is -2.11. The highest BCUT2D eigenvalue weighted by Gasteiger charge is 2.30. The third-order valence-electron chi connectivity index (χ3n) is 2.72. The van der Waals surface area contributed by atoms with Gasteiger partial charge in [-0.05, 0) is 36.8 Å². The summed E-state index contributed by atoms with van der Waals surface area (Å²) in [6.45, 7) is 1.73. The molecule has 6 heteroatoms. The average Bonchev–Trinajstić information content (AvgIpc) is 2.38. The van der Waals surface area contributed by atoms with Gasteiger partial charge in [-0.3, -0.25) is 0 Å². The van der Waals surface area contributed by atoms with Crippen LogP contribution < -0.4 is 5.32 Å². The maximum absolute atomic E-state index is 12.6. The van der Waals surface area contributed by atoms with Gasteiger partial charge in [0.1, 0.15) is 11.9 Å². The van der Waals surface area contributed by atoms with Crippen molar-refractivity contribution in [2.24, 2.45) is 0 Å². The molecule has 0 saturated carbocycles. The lowest BCUT2D eigenvalue weighted by molar-refractivity contribution is -0.137. The van der Waals surface area contributed by atoms with Crippen molar-refractivity contribution in [3.05, 3.63) is 53.2 Å². The van der Waals surface area contributed by atoms with E-state index in [4.69, 9.17) is 5.26 Å². The van der Waals surface area contributed by atoms with Crippen LogP contribution in [-0.2, 0) is 6.18 Å². The van der Waals surface area contributed by atoms with Crippen LogP contribution in [0.2, 0.25) is 0 Å². The molecule has 0 fully saturated rings. The summed E-state index contributed by atoms with van der Waals surface area (Å²) >= 11 is 0. The summed E-state index contributed by atoms with van der Waals surface area (Å²) < 4.78 is 37.9. The van der Waals surface area contributed by atoms with E-state index in [9.17, 15) is 13.2 Å². The van der Waals surface area contributed by atoms with Crippen LogP contribution in [0.15, 0.2) is 36.5 Å². The maximum Gasteiger partial charge on any atom is 0.416 e. The molecule has 0 atom stereocenters. The molecule has 1 aromatic heterocycles. The van der Waals surface area contributed by atoms with E-state index in [0.29, 0.717) is 11.1 Å². The van der Waals surface area contributed by atoms with Crippen LogP contribution in [0.3, 0.4) is 0 Å². The van der Waals surface area contributed by atoms with Gasteiger partial charge in [-0.2, -0.15) is 18.4 Å². The Balaban J connectivity index is 2.37. The molecule has 102 valence electrons. The normalized spacial score (nSPS) is 10.9. The average molecular weight is 277 g/mol. The number of hydrogen-bond acceptors (Lipinski definition) is 3. The first-order chi connectivity index (χ1) is 9.41. The van der Waals surface area contributed by atoms with Gasteiger partial charge >= 0.3 is 6.18 Å². The highest BCUT2D eigenvalue weighted by atomic mass is 19.4. The molecule has 20 heavy (non-hydrogen) atoms. The second-order valence-electron chi connectivity index (χ2n) is 4.17. The summed E-state index contributed by atoms with van der Waals surface area (Å²) in [5, 5.41) is 11.8. The Kier molecular flexibility index (Phi) is 3.61. The molecule has 0 aliphatic carbocycles. The third kappa shape index (κ3) is 2.88. The highest BCUT2D eigenvalue weighted by Crippen LogP contribution is 2.31. The smallest absolute Gasteiger partial charge is 0.339 e. The Morgan fingerprint density at radius 2 is 2.00 bits per heavy atom. The van der Waals surface area contributed by atoms with Gasteiger partial charge < -0.3 is 5.32 Å². The number of pyridine rings is 1. The number of nitriles is 1. The lowest BCUT2D eigenvalue weighted by Crippen LogP contribution is -2.06. The Morgan fingerprint density at radius 1 is 1.25 bits per heavy atom. The van der Waals surface area contributed by atoms with Crippen LogP contribution in [-0.4, -0.2) is 4.98 Å². The number of benzene rings is 1. The van der Waals surface area contributed by atoms with Crippen molar-refractivity contribution in [2.75, 3.05) is 5.32 Å². The van der Waals surface area contributed by atoms with Gasteiger partial charge in [0.05, 0.1) is 11.1 Å². The quantitative estimate of drug-likeness (QED) is 0.901. The van der Waals surface area contributed by atoms with Crippen LogP contribution in [0, 0.1) is 18.3 Å². The molecule has 2 aromatic rings. The molecule has 0 aliphatic rings. The Labute approximate surface area is 113 Å². The molecular formula is C14H10F3N3. The van der Waals surface area contributed by atoms with Gasteiger partial charge in [0.25, 0.3) is 0 Å². The molecule has 2 rings (SSSR count). The fourth-order valence-electron chi connectivity index (χ4n) is 1.70. The van der Waals surface area contributed by atoms with Crippen molar-refractivity contribution in [3.63, 3.8) is 0 Å². The molecular weight excluding hydrogens is 267 g/mol. The van der Waals surface area contributed by atoms with E-state index in [1.807, 2.05) is 6.07 Å². The summed E-state index contributed by atoms with van der Waals surface area (Å²) in [6.07, 6.45) is -2.91. The minimum atomic E-state index is -4.41. The molecule has 0 aliphatic heterocycles. The van der Waals surface area contributed by atoms with Gasteiger partial charge in [0, 0.05) is 11.9 Å². The van der Waals surface area contributed by atoms with Gasteiger partial charge in [-0.1, -0.05) is 6.07 Å². The van der Waals surface area contributed by atoms with Crippen LogP contribution in [0.1, 0.15) is 16.7 Å². The van der Waals surface area contributed by atoms with Gasteiger partial charge in [-0.25, -0.2) is 4.98 Å². The molecule has 1 aromatic carbocycles. The molecule has 1 heterocycles. The summed E-state index contributed by atoms with van der Waals surface area (Å²) in [5.41, 5.74) is 0.491. The zero-order valence-corrected chi connectivity index (χ0v) is 10.5. The number of aryl methyl sites for hydroxylation is 1. The van der Waals surface area contributed by atoms with E-state index >= 15 is 0 Å². The Morgan fingerprint density at radius 3 is 2.65 bits per heavy atom. The van der Waals surface area contributed by atoms with Crippen molar-refractivity contribution in [1.82, 2.24) is 4.98 Å². The minimum absolute atomic E-state index is 0.231. The third-order valence-corrected chi connectivity index (χ3v) is 2.72. The predicted molar refractivity (Wildman–Crippen MR) is 68.4 cm³/mol. The van der Waals surface area contributed by atoms with Gasteiger partial charge in [0.15, 0.2) is 0 Å². The molecule has 0 radical (unpaired) electrons. The Hall–Kier alpha value is -2.55. The van der Waals surface area contributed by atoms with Crippen molar-refractivity contribution < 1.29 is 13.2 Å². The van der Waals surface area contributed by atoms with Crippen LogP contribution >= 0.6 is 0 Å². The number of anilines is 2. The lowest BCUT2D eigenvalue weighted by atomic mass is 10.1. The fraction of sp³-hybridized carbons (Fsp3) is 0.143. The number of rotatable bonds is 2. The number of alkyl halides is 3. The van der Waals surface area contributed by atoms with E-state index in [1.54, 1.807) is 13.0 Å². The minimum Gasteiger partial charge on any atom is -0.339 e. The summed E-state index contributed by atoms with van der Waals surface area (Å²) in [7, 11) is 0. The number of nitrogens with one attached hydrogen (secondary N) is 1. The van der Waals surface area contributed by atoms with E-state index in [2.05, 4.69) is 10.3 Å². The summed E-state index contributed by atoms with van der Waals surface area (Å²) in [6, 6.07) is 8.39. The van der Waals surface area contributed by atoms with E-state index in [-0.39, 0.29) is 11.5 Å². The second kappa shape index (κ2) is 5.21. The van der Waals surface area contributed by atoms with E-state index < -0.39 is 11.7 Å². The highest BCUT2D eigenvalue weighted by molar-refractivity contribution is 5.64. The summed E-state index contributed by atoms with van der Waals surface area (Å²) in [4.78, 5) is 3.98. The van der Waals surface area contributed by atoms with Crippen molar-refractivity contribution in [3.8, 4) is 6.07 Å². The Bertz CT molecular complexity index is 672. The maximum atomic E-state index is 12.6. The first-order valence-electron chi connectivity index (χ1n) is 5.72. The SMILES string of the molecule is Cc1ccnc(Nc2cccc(C(F)(F)F)c2)c1C#N. The van der Waals surface area contributed by atoms with Crippen LogP contribution in [0.25, 0.3) is 0 Å². The van der Waals surface area contributed by atoms with E-state index in [0.717, 1.165) is 12.1 Å². The first-order valence-corrected chi connectivity index (χ1v) is 5.72. The monoisotopic (exact) mass is 277 g/mol. The van der Waals surface area contributed by atoms with E-state index in [1.165, 1.54) is 18.3 Å². The number of hydrogen-bond donors (Lipinski definition) is 1. The molecule has 0 unspecified atom stereocenters. The van der Waals surface area contributed by atoms with Crippen LogP contribution in [0.5, 0.6) is 0 Å². The molecule has 0 bridgehead atoms. The number of aromatic nitrogens is 1. The molecule has 3 nitrogen and oxygen atoms in total. The first kappa shape index (κ1) is 13.9. The van der Waals surface area contributed by atoms with Gasteiger partial charge in [0.2, 0.25) is 0 Å². The second-order valence-corrected chi connectivity index (χ2v) is 4.17. The largest absolute Gasteiger partial charge is 0.416 e. The topological polar surface area (TPSA) is 48.7 Å². The van der Waals surface area contributed by atoms with Gasteiger partial charge in [-0.15, -0.1) is 0 Å². The fourth-order valence-corrected chi connectivity index (χ4v) is 1.70. The zero-order valence-electron chi connectivity index (χ0n) is 10.5. The molecule has 1 N–H and O–H groups in total. The standard InChI is InChI=1S/C14H10F3N3/c1-9-5-6-19-13(12(9)8-18)20-11-4-2-3-10(7-11)14(15,16)17/h2-7H,1H3,(H,19,20). The van der Waals surface area contributed by atoms with Crippen LogP contribution in [0.4, 0.5) is 24.7 Å². The predicted octanol–water partition coefficient (Wildman–Crippen LogP) is 4.02.